The molecule has 0 radical (unpaired) electrons. The Hall–Kier alpha value is 0. The molecule has 0 bridgehead atoms. The third-order valence-corrected chi connectivity index (χ3v) is 3.27. The molecule has 0 rings (SSSR count). The van der Waals surface area contributed by atoms with Gasteiger partial charge in [0.05, 0.1) is 0 Å². The molecule has 0 heterocycles. The minimum absolute atomic E-state index is 0.505. The molecule has 0 aromatic heterocycles. The summed E-state index contributed by atoms with van der Waals surface area (Å²) < 4.78 is 0. The average molecular weight is 226 g/mol. The van der Waals surface area contributed by atoms with Crippen molar-refractivity contribution in [3.05, 3.63) is 0 Å². The fourth-order valence-corrected chi connectivity index (χ4v) is 2.40. The molecular formula is C16H34. The van der Waals surface area contributed by atoms with Gasteiger partial charge in [-0.1, -0.05) is 74.1 Å². The van der Waals surface area contributed by atoms with Gasteiger partial charge in [-0.2, -0.15) is 0 Å². The summed E-state index contributed by atoms with van der Waals surface area (Å²) in [6, 6.07) is 0. The second kappa shape index (κ2) is 6.67. The first-order valence-corrected chi connectivity index (χ1v) is 7.14. The Morgan fingerprint density at radius 1 is 0.812 bits per heavy atom. The van der Waals surface area contributed by atoms with Crippen LogP contribution in [-0.4, -0.2) is 0 Å². The topological polar surface area (TPSA) is 0 Å². The molecule has 0 aliphatic rings. The van der Waals surface area contributed by atoms with Gasteiger partial charge in [0.15, 0.2) is 0 Å². The van der Waals surface area contributed by atoms with Crippen LogP contribution in [0.3, 0.4) is 0 Å². The van der Waals surface area contributed by atoms with E-state index < -0.39 is 0 Å². The molecule has 0 aliphatic carbocycles. The number of hydrogen-bond acceptors (Lipinski definition) is 0. The lowest BCUT2D eigenvalue weighted by Crippen LogP contribution is -2.13. The fraction of sp³-hybridized carbons (Fsp3) is 1.00. The van der Waals surface area contributed by atoms with Gasteiger partial charge in [-0.15, -0.1) is 0 Å². The van der Waals surface area contributed by atoms with E-state index in [1.165, 1.54) is 38.5 Å². The summed E-state index contributed by atoms with van der Waals surface area (Å²) in [5, 5.41) is 0. The first kappa shape index (κ1) is 16.0. The third-order valence-electron chi connectivity index (χ3n) is 3.27. The van der Waals surface area contributed by atoms with Crippen LogP contribution in [0.4, 0.5) is 0 Å². The van der Waals surface area contributed by atoms with E-state index in [1.54, 1.807) is 0 Å². The van der Waals surface area contributed by atoms with Crippen LogP contribution in [0.2, 0.25) is 0 Å². The van der Waals surface area contributed by atoms with Gasteiger partial charge < -0.3 is 0 Å². The monoisotopic (exact) mass is 226 g/mol. The molecule has 16 heavy (non-hydrogen) atoms. The summed E-state index contributed by atoms with van der Waals surface area (Å²) in [4.78, 5) is 0. The molecule has 1 unspecified atom stereocenters. The van der Waals surface area contributed by atoms with Crippen molar-refractivity contribution in [1.29, 1.82) is 0 Å². The maximum absolute atomic E-state index is 2.37. The van der Waals surface area contributed by atoms with Gasteiger partial charge in [-0.25, -0.2) is 0 Å². The quantitative estimate of drug-likeness (QED) is 0.483. The predicted molar refractivity (Wildman–Crippen MR) is 75.8 cm³/mol. The van der Waals surface area contributed by atoms with Crippen LogP contribution < -0.4 is 0 Å². The molecule has 98 valence electrons. The molecule has 0 aromatic rings. The van der Waals surface area contributed by atoms with Crippen LogP contribution in [0.1, 0.15) is 87.0 Å². The highest BCUT2D eigenvalue weighted by atomic mass is 14.2. The van der Waals surface area contributed by atoms with E-state index in [1.807, 2.05) is 0 Å². The van der Waals surface area contributed by atoms with Crippen molar-refractivity contribution in [3.63, 3.8) is 0 Å². The fourth-order valence-electron chi connectivity index (χ4n) is 2.40. The predicted octanol–water partition coefficient (Wildman–Crippen LogP) is 6.06. The number of hydrogen-bond donors (Lipinski definition) is 0. The zero-order chi connectivity index (χ0) is 12.8. The van der Waals surface area contributed by atoms with Gasteiger partial charge >= 0.3 is 0 Å². The lowest BCUT2D eigenvalue weighted by Gasteiger charge is -2.25. The normalized spacial score (nSPS) is 15.2. The number of unbranched alkanes of at least 4 members (excludes halogenated alkanes) is 1. The Bertz CT molecular complexity index is 165. The van der Waals surface area contributed by atoms with Crippen molar-refractivity contribution >= 4 is 0 Å². The lowest BCUT2D eigenvalue weighted by molar-refractivity contribution is 0.265. The second-order valence-electron chi connectivity index (χ2n) is 7.85. The van der Waals surface area contributed by atoms with Gasteiger partial charge in [0.25, 0.3) is 0 Å². The molecule has 0 fully saturated rings. The Labute approximate surface area is 104 Å². The Kier molecular flexibility index (Phi) is 6.67. The van der Waals surface area contributed by atoms with Crippen molar-refractivity contribution < 1.29 is 0 Å². The molecule has 1 atom stereocenters. The van der Waals surface area contributed by atoms with Crippen LogP contribution in [0.25, 0.3) is 0 Å². The smallest absolute Gasteiger partial charge is 0.0380 e. The van der Waals surface area contributed by atoms with E-state index in [9.17, 15) is 0 Å². The van der Waals surface area contributed by atoms with Crippen LogP contribution in [0, 0.1) is 16.7 Å². The molecule has 0 amide bonds. The van der Waals surface area contributed by atoms with E-state index in [-0.39, 0.29) is 0 Å². The summed E-state index contributed by atoms with van der Waals surface area (Å²) in [6.45, 7) is 16.5. The van der Waals surface area contributed by atoms with Crippen molar-refractivity contribution in [1.82, 2.24) is 0 Å². The lowest BCUT2D eigenvalue weighted by atomic mass is 9.80. The van der Waals surface area contributed by atoms with Gasteiger partial charge in [-0.3, -0.25) is 0 Å². The van der Waals surface area contributed by atoms with E-state index >= 15 is 0 Å². The van der Waals surface area contributed by atoms with Gasteiger partial charge in [0.1, 0.15) is 0 Å². The van der Waals surface area contributed by atoms with E-state index in [0.717, 1.165) is 5.92 Å². The SMILES string of the molecule is CCC(CCCCC(C)(C)C)CC(C)(C)C. The second-order valence-corrected chi connectivity index (χ2v) is 7.85. The minimum atomic E-state index is 0.505. The van der Waals surface area contributed by atoms with E-state index in [4.69, 9.17) is 0 Å². The molecule has 0 aliphatic heterocycles. The van der Waals surface area contributed by atoms with E-state index in [0.29, 0.717) is 10.8 Å². The summed E-state index contributed by atoms with van der Waals surface area (Å²) in [7, 11) is 0. The van der Waals surface area contributed by atoms with Gasteiger partial charge in [0.2, 0.25) is 0 Å². The molecular weight excluding hydrogens is 192 g/mol. The molecule has 0 spiro atoms. The summed E-state index contributed by atoms with van der Waals surface area (Å²) in [5.41, 5.74) is 1.02. The third kappa shape index (κ3) is 10.5. The zero-order valence-electron chi connectivity index (χ0n) is 12.8. The molecule has 0 saturated carbocycles. The molecule has 0 saturated heterocycles. The highest BCUT2D eigenvalue weighted by molar-refractivity contribution is 4.69. The maximum Gasteiger partial charge on any atom is -0.0380 e. The van der Waals surface area contributed by atoms with Gasteiger partial charge in [0, 0.05) is 0 Å². The highest BCUT2D eigenvalue weighted by Crippen LogP contribution is 2.30. The molecule has 0 nitrogen and oxygen atoms in total. The Morgan fingerprint density at radius 3 is 1.75 bits per heavy atom. The van der Waals surface area contributed by atoms with Crippen LogP contribution in [0.5, 0.6) is 0 Å². The van der Waals surface area contributed by atoms with Crippen molar-refractivity contribution in [2.24, 2.45) is 16.7 Å². The molecule has 0 aromatic carbocycles. The molecule has 0 N–H and O–H groups in total. The summed E-state index contributed by atoms with van der Waals surface area (Å²) >= 11 is 0. The first-order chi connectivity index (χ1) is 7.14. The van der Waals surface area contributed by atoms with Crippen LogP contribution >= 0.6 is 0 Å². The minimum Gasteiger partial charge on any atom is -0.0651 e. The first-order valence-electron chi connectivity index (χ1n) is 7.14. The average Bonchev–Trinajstić information content (AvgIpc) is 2.06. The van der Waals surface area contributed by atoms with Crippen molar-refractivity contribution in [3.8, 4) is 0 Å². The highest BCUT2D eigenvalue weighted by Gasteiger charge is 2.17. The largest absolute Gasteiger partial charge is 0.0651 e. The maximum atomic E-state index is 2.37. The Balaban J connectivity index is 3.72. The Morgan fingerprint density at radius 2 is 1.38 bits per heavy atom. The van der Waals surface area contributed by atoms with Crippen molar-refractivity contribution in [2.45, 2.75) is 87.0 Å². The molecule has 0 heteroatoms. The van der Waals surface area contributed by atoms with E-state index in [2.05, 4.69) is 48.5 Å². The van der Waals surface area contributed by atoms with Crippen molar-refractivity contribution in [2.75, 3.05) is 0 Å². The summed E-state index contributed by atoms with van der Waals surface area (Å²) in [5.74, 6) is 0.944. The van der Waals surface area contributed by atoms with Crippen LogP contribution in [-0.2, 0) is 0 Å². The van der Waals surface area contributed by atoms with Gasteiger partial charge in [-0.05, 0) is 29.6 Å². The zero-order valence-corrected chi connectivity index (χ0v) is 12.8. The number of rotatable bonds is 6. The standard InChI is InChI=1S/C16H34/c1-8-14(13-16(5,6)7)11-9-10-12-15(2,3)4/h14H,8-13H2,1-7H3. The van der Waals surface area contributed by atoms with Crippen LogP contribution in [0.15, 0.2) is 0 Å². The summed E-state index contributed by atoms with van der Waals surface area (Å²) in [6.07, 6.45) is 8.38.